The molecule has 1 aliphatic rings. The van der Waals surface area contributed by atoms with E-state index in [2.05, 4.69) is 10.3 Å². The second-order valence-electron chi connectivity index (χ2n) is 6.10. The summed E-state index contributed by atoms with van der Waals surface area (Å²) in [6.45, 7) is 4.45. The standard InChI is InChI=1S/C16H22FN3O4/c1-10(2)13(19-16(22)23)15(21)20-8-5-11(6-9-20)24-14-12(17)4-3-7-18-14/h3-4,7,10-11,13,19H,5-6,8-9H2,1-2H3,(H,22,23)/t13-/m0/s1. The topological polar surface area (TPSA) is 91.8 Å². The lowest BCUT2D eigenvalue weighted by Gasteiger charge is -2.35. The van der Waals surface area contributed by atoms with Crippen molar-refractivity contribution < 1.29 is 23.8 Å². The largest absolute Gasteiger partial charge is 0.472 e. The van der Waals surface area contributed by atoms with Crippen molar-refractivity contribution in [2.75, 3.05) is 13.1 Å². The zero-order chi connectivity index (χ0) is 17.7. The molecule has 2 heterocycles. The number of carbonyl (C=O) groups is 2. The number of carbonyl (C=O) groups excluding carboxylic acids is 1. The molecule has 0 saturated carbocycles. The van der Waals surface area contributed by atoms with Gasteiger partial charge in [-0.25, -0.2) is 14.2 Å². The van der Waals surface area contributed by atoms with Crippen molar-refractivity contribution in [2.45, 2.75) is 38.8 Å². The van der Waals surface area contributed by atoms with E-state index < -0.39 is 18.0 Å². The van der Waals surface area contributed by atoms with Crippen LogP contribution in [0.3, 0.4) is 0 Å². The van der Waals surface area contributed by atoms with Gasteiger partial charge in [-0.2, -0.15) is 0 Å². The van der Waals surface area contributed by atoms with E-state index in [0.717, 1.165) is 0 Å². The fourth-order valence-electron chi connectivity index (χ4n) is 2.65. The molecule has 0 spiro atoms. The molecule has 0 radical (unpaired) electrons. The second kappa shape index (κ2) is 7.94. The van der Waals surface area contributed by atoms with Gasteiger partial charge in [-0.3, -0.25) is 4.79 Å². The maximum absolute atomic E-state index is 13.5. The summed E-state index contributed by atoms with van der Waals surface area (Å²) in [5.41, 5.74) is 0. The highest BCUT2D eigenvalue weighted by molar-refractivity contribution is 5.85. The van der Waals surface area contributed by atoms with Crippen molar-refractivity contribution in [2.24, 2.45) is 5.92 Å². The number of amides is 2. The minimum absolute atomic E-state index is 0.0325. The minimum atomic E-state index is -1.22. The quantitative estimate of drug-likeness (QED) is 0.855. The number of aromatic nitrogens is 1. The number of nitrogens with zero attached hydrogens (tertiary/aromatic N) is 2. The fraction of sp³-hybridized carbons (Fsp3) is 0.562. The highest BCUT2D eigenvalue weighted by atomic mass is 19.1. The zero-order valence-corrected chi connectivity index (χ0v) is 13.7. The van der Waals surface area contributed by atoms with Gasteiger partial charge in [-0.05, 0) is 18.1 Å². The van der Waals surface area contributed by atoms with Crippen LogP contribution in [0.25, 0.3) is 0 Å². The summed E-state index contributed by atoms with van der Waals surface area (Å²) in [4.78, 5) is 28.8. The zero-order valence-electron chi connectivity index (χ0n) is 13.7. The van der Waals surface area contributed by atoms with Gasteiger partial charge in [0, 0.05) is 32.1 Å². The summed E-state index contributed by atoms with van der Waals surface area (Å²) in [5.74, 6) is -0.934. The molecule has 7 nitrogen and oxygen atoms in total. The molecule has 1 aromatic heterocycles. The van der Waals surface area contributed by atoms with Crippen molar-refractivity contribution >= 4 is 12.0 Å². The first-order chi connectivity index (χ1) is 11.4. The maximum atomic E-state index is 13.5. The average Bonchev–Trinajstić information content (AvgIpc) is 2.54. The van der Waals surface area contributed by atoms with Crippen molar-refractivity contribution in [3.8, 4) is 5.88 Å². The number of halogens is 1. The van der Waals surface area contributed by atoms with Gasteiger partial charge >= 0.3 is 6.09 Å². The van der Waals surface area contributed by atoms with Gasteiger partial charge in [0.05, 0.1) is 0 Å². The predicted octanol–water partition coefficient (Wildman–Crippen LogP) is 1.88. The Labute approximate surface area is 139 Å². The van der Waals surface area contributed by atoms with Gasteiger partial charge in [-0.15, -0.1) is 0 Å². The summed E-state index contributed by atoms with van der Waals surface area (Å²) in [7, 11) is 0. The molecule has 132 valence electrons. The molecule has 2 N–H and O–H groups in total. The van der Waals surface area contributed by atoms with Crippen LogP contribution in [0.2, 0.25) is 0 Å². The monoisotopic (exact) mass is 339 g/mol. The highest BCUT2D eigenvalue weighted by Gasteiger charge is 2.31. The van der Waals surface area contributed by atoms with Gasteiger partial charge in [0.1, 0.15) is 12.1 Å². The van der Waals surface area contributed by atoms with Gasteiger partial charge < -0.3 is 20.1 Å². The molecular weight excluding hydrogens is 317 g/mol. The molecular formula is C16H22FN3O4. The van der Waals surface area contributed by atoms with Crippen LogP contribution in [0.5, 0.6) is 5.88 Å². The van der Waals surface area contributed by atoms with E-state index in [1.54, 1.807) is 18.7 Å². The van der Waals surface area contributed by atoms with Crippen LogP contribution in [0.4, 0.5) is 9.18 Å². The van der Waals surface area contributed by atoms with E-state index in [4.69, 9.17) is 9.84 Å². The highest BCUT2D eigenvalue weighted by Crippen LogP contribution is 2.20. The predicted molar refractivity (Wildman–Crippen MR) is 84.2 cm³/mol. The number of carboxylic acid groups (broad SMARTS) is 1. The third kappa shape index (κ3) is 4.56. The lowest BCUT2D eigenvalue weighted by atomic mass is 10.0. The molecule has 0 aliphatic carbocycles. The molecule has 8 heteroatoms. The summed E-state index contributed by atoms with van der Waals surface area (Å²) >= 11 is 0. The Bertz CT molecular complexity index is 588. The summed E-state index contributed by atoms with van der Waals surface area (Å²) < 4.78 is 19.1. The number of hydrogen-bond donors (Lipinski definition) is 2. The normalized spacial score (nSPS) is 16.8. The Hall–Kier alpha value is -2.38. The number of rotatable bonds is 5. The number of piperidine rings is 1. The van der Waals surface area contributed by atoms with Crippen LogP contribution >= 0.6 is 0 Å². The molecule has 2 rings (SSSR count). The molecule has 1 aliphatic heterocycles. The minimum Gasteiger partial charge on any atom is -0.472 e. The molecule has 24 heavy (non-hydrogen) atoms. The fourth-order valence-corrected chi connectivity index (χ4v) is 2.65. The molecule has 0 unspecified atom stereocenters. The van der Waals surface area contributed by atoms with Crippen LogP contribution in [0.1, 0.15) is 26.7 Å². The van der Waals surface area contributed by atoms with E-state index in [0.29, 0.717) is 25.9 Å². The van der Waals surface area contributed by atoms with Gasteiger partial charge in [0.2, 0.25) is 5.91 Å². The Morgan fingerprint density at radius 2 is 2.08 bits per heavy atom. The summed E-state index contributed by atoms with van der Waals surface area (Å²) in [5, 5.41) is 11.1. The molecule has 0 bridgehead atoms. The Balaban J connectivity index is 1.90. The van der Waals surface area contributed by atoms with Gasteiger partial charge in [-0.1, -0.05) is 13.8 Å². The van der Waals surface area contributed by atoms with Gasteiger partial charge in [0.15, 0.2) is 5.82 Å². The number of likely N-dealkylation sites (tertiary alicyclic amines) is 1. The molecule has 1 atom stereocenters. The number of hydrogen-bond acceptors (Lipinski definition) is 4. The Morgan fingerprint density at radius 1 is 1.42 bits per heavy atom. The lowest BCUT2D eigenvalue weighted by Crippen LogP contribution is -2.53. The number of nitrogens with one attached hydrogen (secondary N) is 1. The summed E-state index contributed by atoms with van der Waals surface area (Å²) in [6, 6.07) is 2.00. The van der Waals surface area contributed by atoms with Gasteiger partial charge in [0.25, 0.3) is 5.88 Å². The van der Waals surface area contributed by atoms with E-state index in [1.165, 1.54) is 18.3 Å². The van der Waals surface area contributed by atoms with E-state index in [1.807, 2.05) is 0 Å². The van der Waals surface area contributed by atoms with E-state index in [9.17, 15) is 14.0 Å². The van der Waals surface area contributed by atoms with Crippen LogP contribution in [0.15, 0.2) is 18.3 Å². The summed E-state index contributed by atoms with van der Waals surface area (Å²) in [6.07, 6.45) is 1.11. The smallest absolute Gasteiger partial charge is 0.405 e. The first-order valence-corrected chi connectivity index (χ1v) is 7.94. The lowest BCUT2D eigenvalue weighted by molar-refractivity contribution is -0.136. The maximum Gasteiger partial charge on any atom is 0.405 e. The van der Waals surface area contributed by atoms with E-state index >= 15 is 0 Å². The van der Waals surface area contributed by atoms with Crippen molar-refractivity contribution in [1.82, 2.24) is 15.2 Å². The SMILES string of the molecule is CC(C)[C@H](NC(=O)O)C(=O)N1CCC(Oc2ncccc2F)CC1. The third-order valence-electron chi connectivity index (χ3n) is 3.97. The Kier molecular flexibility index (Phi) is 5.94. The second-order valence-corrected chi connectivity index (χ2v) is 6.10. The molecule has 1 aromatic rings. The first kappa shape index (κ1) is 18.0. The molecule has 1 saturated heterocycles. The molecule has 0 aromatic carbocycles. The third-order valence-corrected chi connectivity index (χ3v) is 3.97. The van der Waals surface area contributed by atoms with Crippen LogP contribution in [-0.2, 0) is 4.79 Å². The number of ether oxygens (including phenoxy) is 1. The van der Waals surface area contributed by atoms with Crippen molar-refractivity contribution in [3.63, 3.8) is 0 Å². The van der Waals surface area contributed by atoms with Crippen molar-refractivity contribution in [3.05, 3.63) is 24.1 Å². The first-order valence-electron chi connectivity index (χ1n) is 7.94. The van der Waals surface area contributed by atoms with Crippen LogP contribution in [-0.4, -0.2) is 52.2 Å². The van der Waals surface area contributed by atoms with Crippen LogP contribution < -0.4 is 10.1 Å². The van der Waals surface area contributed by atoms with E-state index in [-0.39, 0.29) is 23.8 Å². The average molecular weight is 339 g/mol. The number of pyridine rings is 1. The van der Waals surface area contributed by atoms with Crippen molar-refractivity contribution in [1.29, 1.82) is 0 Å². The molecule has 1 fully saturated rings. The Morgan fingerprint density at radius 3 is 2.62 bits per heavy atom. The molecule has 2 amide bonds. The van der Waals surface area contributed by atoms with Crippen LogP contribution in [0, 0.1) is 11.7 Å².